The second-order valence-corrected chi connectivity index (χ2v) is 4.66. The summed E-state index contributed by atoms with van der Waals surface area (Å²) >= 11 is 1.85. The molecule has 0 saturated carbocycles. The summed E-state index contributed by atoms with van der Waals surface area (Å²) in [6.45, 7) is 3.21. The Morgan fingerprint density at radius 3 is 2.81 bits per heavy atom. The SMILES string of the molecule is CCCN1NNC=C1SCc1ccccc1. The maximum atomic E-state index is 3.11. The van der Waals surface area contributed by atoms with E-state index in [0.29, 0.717) is 0 Å². The van der Waals surface area contributed by atoms with E-state index >= 15 is 0 Å². The van der Waals surface area contributed by atoms with Gasteiger partial charge >= 0.3 is 0 Å². The smallest absolute Gasteiger partial charge is 0.104 e. The van der Waals surface area contributed by atoms with Crippen molar-refractivity contribution in [3.8, 4) is 0 Å². The average Bonchev–Trinajstić information content (AvgIpc) is 2.76. The first-order chi connectivity index (χ1) is 7.90. The summed E-state index contributed by atoms with van der Waals surface area (Å²) in [7, 11) is 0. The zero-order chi connectivity index (χ0) is 11.2. The fraction of sp³-hybridized carbons (Fsp3) is 0.333. The van der Waals surface area contributed by atoms with Crippen molar-refractivity contribution in [2.24, 2.45) is 0 Å². The van der Waals surface area contributed by atoms with Crippen LogP contribution in [-0.4, -0.2) is 11.6 Å². The van der Waals surface area contributed by atoms with Crippen LogP contribution in [0, 0.1) is 0 Å². The standard InChI is InChI=1S/C12H17N3S/c1-2-8-15-12(9-13-14-15)16-10-11-6-4-3-5-7-11/h3-7,9,13-14H,2,8,10H2,1H3. The van der Waals surface area contributed by atoms with Gasteiger partial charge in [-0.2, -0.15) is 0 Å². The molecule has 86 valence electrons. The molecule has 0 unspecified atom stereocenters. The number of hydrogen-bond acceptors (Lipinski definition) is 4. The molecule has 1 aromatic rings. The monoisotopic (exact) mass is 235 g/mol. The van der Waals surface area contributed by atoms with Crippen molar-refractivity contribution in [1.82, 2.24) is 16.0 Å². The lowest BCUT2D eigenvalue weighted by Gasteiger charge is -2.19. The van der Waals surface area contributed by atoms with Crippen LogP contribution in [0.5, 0.6) is 0 Å². The summed E-state index contributed by atoms with van der Waals surface area (Å²) in [6.07, 6.45) is 3.15. The third-order valence-electron chi connectivity index (χ3n) is 2.34. The van der Waals surface area contributed by atoms with Gasteiger partial charge in [-0.1, -0.05) is 37.3 Å². The zero-order valence-corrected chi connectivity index (χ0v) is 10.3. The largest absolute Gasteiger partial charge is 0.308 e. The van der Waals surface area contributed by atoms with Crippen LogP contribution in [0.3, 0.4) is 0 Å². The number of nitrogens with zero attached hydrogens (tertiary/aromatic N) is 1. The summed E-state index contributed by atoms with van der Waals surface area (Å²) in [5, 5.41) is 3.40. The lowest BCUT2D eigenvalue weighted by atomic mass is 10.2. The molecular formula is C12H17N3S. The third-order valence-corrected chi connectivity index (χ3v) is 3.45. The van der Waals surface area contributed by atoms with Crippen LogP contribution in [0.25, 0.3) is 0 Å². The van der Waals surface area contributed by atoms with Gasteiger partial charge in [0, 0.05) is 18.5 Å². The Kier molecular flexibility index (Phi) is 4.13. The first-order valence-corrected chi connectivity index (χ1v) is 6.54. The topological polar surface area (TPSA) is 27.3 Å². The van der Waals surface area contributed by atoms with E-state index in [4.69, 9.17) is 0 Å². The fourth-order valence-corrected chi connectivity index (χ4v) is 2.49. The minimum atomic E-state index is 1.01. The molecule has 2 rings (SSSR count). The van der Waals surface area contributed by atoms with E-state index in [1.807, 2.05) is 18.0 Å². The molecule has 0 saturated heterocycles. The predicted molar refractivity (Wildman–Crippen MR) is 69.1 cm³/mol. The van der Waals surface area contributed by atoms with Gasteiger partial charge < -0.3 is 5.43 Å². The first kappa shape index (κ1) is 11.4. The van der Waals surface area contributed by atoms with Crippen LogP contribution < -0.4 is 11.0 Å². The minimum Gasteiger partial charge on any atom is -0.308 e. The number of hydrogen-bond donors (Lipinski definition) is 2. The van der Waals surface area contributed by atoms with E-state index in [2.05, 4.69) is 53.2 Å². The number of rotatable bonds is 5. The fourth-order valence-electron chi connectivity index (χ4n) is 1.55. The van der Waals surface area contributed by atoms with Gasteiger partial charge in [-0.15, -0.1) is 17.3 Å². The lowest BCUT2D eigenvalue weighted by molar-refractivity contribution is 0.266. The Balaban J connectivity index is 1.86. The third kappa shape index (κ3) is 2.93. The molecule has 0 bridgehead atoms. The van der Waals surface area contributed by atoms with Gasteiger partial charge in [0.25, 0.3) is 0 Å². The minimum absolute atomic E-state index is 1.01. The highest BCUT2D eigenvalue weighted by atomic mass is 32.2. The highest BCUT2D eigenvalue weighted by Crippen LogP contribution is 2.24. The Bertz CT molecular complexity index is 351. The maximum Gasteiger partial charge on any atom is 0.104 e. The van der Waals surface area contributed by atoms with Crippen LogP contribution in [-0.2, 0) is 5.75 Å². The van der Waals surface area contributed by atoms with Gasteiger partial charge in [0.05, 0.1) is 0 Å². The molecule has 4 heteroatoms. The number of thioether (sulfide) groups is 1. The molecule has 0 aliphatic carbocycles. The molecule has 1 heterocycles. The predicted octanol–water partition coefficient (Wildman–Crippen LogP) is 2.45. The van der Waals surface area contributed by atoms with Crippen molar-refractivity contribution >= 4 is 11.8 Å². The van der Waals surface area contributed by atoms with Gasteiger partial charge in [-0.05, 0) is 12.0 Å². The molecule has 0 radical (unpaired) electrons. The quantitative estimate of drug-likeness (QED) is 0.820. The van der Waals surface area contributed by atoms with Crippen LogP contribution in [0.15, 0.2) is 41.6 Å². The molecule has 0 spiro atoms. The zero-order valence-electron chi connectivity index (χ0n) is 9.44. The summed E-state index contributed by atoms with van der Waals surface area (Å²) in [4.78, 5) is 0. The van der Waals surface area contributed by atoms with Crippen molar-refractivity contribution in [3.05, 3.63) is 47.1 Å². The van der Waals surface area contributed by atoms with Gasteiger partial charge in [0.2, 0.25) is 0 Å². The molecule has 3 nitrogen and oxygen atoms in total. The molecule has 2 N–H and O–H groups in total. The molecule has 0 aromatic heterocycles. The molecule has 0 fully saturated rings. The molecular weight excluding hydrogens is 218 g/mol. The normalized spacial score (nSPS) is 14.8. The van der Waals surface area contributed by atoms with Crippen molar-refractivity contribution < 1.29 is 0 Å². The van der Waals surface area contributed by atoms with E-state index in [9.17, 15) is 0 Å². The second-order valence-electron chi connectivity index (χ2n) is 3.66. The molecule has 16 heavy (non-hydrogen) atoms. The number of nitrogens with one attached hydrogen (secondary N) is 2. The van der Waals surface area contributed by atoms with Crippen LogP contribution >= 0.6 is 11.8 Å². The van der Waals surface area contributed by atoms with Crippen molar-refractivity contribution in [3.63, 3.8) is 0 Å². The molecule has 1 aromatic carbocycles. The second kappa shape index (κ2) is 5.82. The van der Waals surface area contributed by atoms with Gasteiger partial charge in [0.15, 0.2) is 0 Å². The number of hydrazine groups is 2. The molecule has 1 aliphatic heterocycles. The number of benzene rings is 1. The summed E-state index contributed by atoms with van der Waals surface area (Å²) in [5.74, 6) is 1.01. The van der Waals surface area contributed by atoms with Crippen LogP contribution in [0.2, 0.25) is 0 Å². The van der Waals surface area contributed by atoms with Crippen molar-refractivity contribution in [2.45, 2.75) is 19.1 Å². The summed E-state index contributed by atoms with van der Waals surface area (Å²) in [5.41, 5.74) is 7.51. The van der Waals surface area contributed by atoms with Gasteiger partial charge in [-0.25, -0.2) is 0 Å². The summed E-state index contributed by atoms with van der Waals surface area (Å²) in [6, 6.07) is 10.5. The Morgan fingerprint density at radius 1 is 1.25 bits per heavy atom. The maximum absolute atomic E-state index is 3.11. The molecule has 0 amide bonds. The Morgan fingerprint density at radius 2 is 2.06 bits per heavy atom. The highest BCUT2D eigenvalue weighted by molar-refractivity contribution is 8.02. The first-order valence-electron chi connectivity index (χ1n) is 5.55. The van der Waals surface area contributed by atoms with E-state index in [0.717, 1.165) is 18.7 Å². The Hall–Kier alpha value is -1.13. The van der Waals surface area contributed by atoms with E-state index < -0.39 is 0 Å². The van der Waals surface area contributed by atoms with E-state index in [1.165, 1.54) is 10.6 Å². The van der Waals surface area contributed by atoms with E-state index in [1.54, 1.807) is 0 Å². The molecule has 1 aliphatic rings. The Labute approximate surface area is 101 Å². The van der Waals surface area contributed by atoms with Gasteiger partial charge in [-0.3, -0.25) is 5.01 Å². The van der Waals surface area contributed by atoms with Gasteiger partial charge in [0.1, 0.15) is 5.03 Å². The molecule has 0 atom stereocenters. The van der Waals surface area contributed by atoms with Crippen LogP contribution in [0.4, 0.5) is 0 Å². The summed E-state index contributed by atoms with van der Waals surface area (Å²) < 4.78 is 0. The highest BCUT2D eigenvalue weighted by Gasteiger charge is 2.13. The van der Waals surface area contributed by atoms with Crippen molar-refractivity contribution in [2.75, 3.05) is 6.54 Å². The lowest BCUT2D eigenvalue weighted by Crippen LogP contribution is -2.37. The average molecular weight is 235 g/mol. The van der Waals surface area contributed by atoms with E-state index in [-0.39, 0.29) is 0 Å². The van der Waals surface area contributed by atoms with Crippen LogP contribution in [0.1, 0.15) is 18.9 Å². The van der Waals surface area contributed by atoms with Crippen molar-refractivity contribution in [1.29, 1.82) is 0 Å².